The molecule has 0 atom stereocenters. The van der Waals surface area contributed by atoms with Gasteiger partial charge in [-0.05, 0) is 18.2 Å². The summed E-state index contributed by atoms with van der Waals surface area (Å²) in [5.74, 6) is 0. The van der Waals surface area contributed by atoms with Gasteiger partial charge in [0.2, 0.25) is 10.0 Å². The fourth-order valence-corrected chi connectivity index (χ4v) is 2.38. The van der Waals surface area contributed by atoms with Crippen LogP contribution in [0.25, 0.3) is 0 Å². The van der Waals surface area contributed by atoms with Gasteiger partial charge in [0.25, 0.3) is 0 Å². The summed E-state index contributed by atoms with van der Waals surface area (Å²) < 4.78 is 25.2. The van der Waals surface area contributed by atoms with Crippen molar-refractivity contribution >= 4 is 21.6 Å². The minimum atomic E-state index is -3.45. The van der Waals surface area contributed by atoms with E-state index in [1.165, 1.54) is 12.1 Å². The Morgan fingerprint density at radius 1 is 1.62 bits per heavy atom. The van der Waals surface area contributed by atoms with Crippen LogP contribution >= 0.6 is 11.6 Å². The molecule has 0 aliphatic rings. The van der Waals surface area contributed by atoms with Crippen LogP contribution in [-0.2, 0) is 10.0 Å². The van der Waals surface area contributed by atoms with Gasteiger partial charge in [-0.25, -0.2) is 13.1 Å². The van der Waals surface area contributed by atoms with Crippen molar-refractivity contribution in [2.45, 2.75) is 11.8 Å². The molecule has 0 unspecified atom stereocenters. The molecule has 0 saturated carbocycles. The number of nitrogens with one attached hydrogen (secondary N) is 1. The zero-order valence-electron chi connectivity index (χ0n) is 7.04. The molecule has 0 amide bonds. The Balaban J connectivity index is 3.15. The number of rotatable bonds is 3. The van der Waals surface area contributed by atoms with Crippen molar-refractivity contribution in [3.8, 4) is 0 Å². The van der Waals surface area contributed by atoms with Gasteiger partial charge < -0.3 is 0 Å². The fourth-order valence-electron chi connectivity index (χ4n) is 0.870. The molecular formula is C8H9ClNO2S. The number of hydrogen-bond donors (Lipinski definition) is 1. The monoisotopic (exact) mass is 218 g/mol. The van der Waals surface area contributed by atoms with E-state index in [1.807, 2.05) is 0 Å². The standard InChI is InChI=1S/C8H9ClNO2S/c1-2-10-13(11,12)8-6-4-3-5-7(8)9/h3,5-6,10H,2H2,1H3. The Kier molecular flexibility index (Phi) is 3.30. The lowest BCUT2D eigenvalue weighted by Gasteiger charge is -2.04. The molecule has 1 N–H and O–H groups in total. The highest BCUT2D eigenvalue weighted by Crippen LogP contribution is 2.19. The summed E-state index contributed by atoms with van der Waals surface area (Å²) >= 11 is 5.71. The molecule has 1 aromatic rings. The van der Waals surface area contributed by atoms with Gasteiger partial charge >= 0.3 is 0 Å². The van der Waals surface area contributed by atoms with E-state index in [0.29, 0.717) is 6.54 Å². The van der Waals surface area contributed by atoms with Crippen molar-refractivity contribution in [2.24, 2.45) is 0 Å². The molecule has 5 heteroatoms. The van der Waals surface area contributed by atoms with E-state index in [-0.39, 0.29) is 9.92 Å². The molecular weight excluding hydrogens is 210 g/mol. The maximum Gasteiger partial charge on any atom is 0.242 e. The molecule has 0 aromatic heterocycles. The van der Waals surface area contributed by atoms with Crippen molar-refractivity contribution in [1.29, 1.82) is 0 Å². The molecule has 0 bridgehead atoms. The average molecular weight is 219 g/mol. The Bertz CT molecular complexity index is 389. The molecule has 1 radical (unpaired) electrons. The molecule has 0 heterocycles. The second-order valence-corrected chi connectivity index (χ2v) is 4.50. The molecule has 0 aliphatic heterocycles. The highest BCUT2D eigenvalue weighted by molar-refractivity contribution is 7.89. The van der Waals surface area contributed by atoms with Gasteiger partial charge in [-0.15, -0.1) is 0 Å². The highest BCUT2D eigenvalue weighted by atomic mass is 35.5. The summed E-state index contributed by atoms with van der Waals surface area (Å²) in [7, 11) is -3.45. The molecule has 0 spiro atoms. The Hall–Kier alpha value is -0.580. The van der Waals surface area contributed by atoms with Crippen molar-refractivity contribution in [2.75, 3.05) is 6.54 Å². The van der Waals surface area contributed by atoms with Gasteiger partial charge in [0, 0.05) is 6.54 Å². The third-order valence-electron chi connectivity index (χ3n) is 1.40. The third kappa shape index (κ3) is 2.43. The zero-order valence-corrected chi connectivity index (χ0v) is 8.61. The average Bonchev–Trinajstić information content (AvgIpc) is 2.04. The smallest absolute Gasteiger partial charge is 0.211 e. The summed E-state index contributed by atoms with van der Waals surface area (Å²) in [5, 5.41) is 0.208. The van der Waals surface area contributed by atoms with Crippen molar-refractivity contribution < 1.29 is 8.42 Å². The van der Waals surface area contributed by atoms with Crippen LogP contribution < -0.4 is 4.72 Å². The summed E-state index contributed by atoms with van der Waals surface area (Å²) in [5.41, 5.74) is 0. The topological polar surface area (TPSA) is 46.2 Å². The number of hydrogen-bond acceptors (Lipinski definition) is 2. The Labute approximate surface area is 82.8 Å². The number of halogens is 1. The molecule has 0 fully saturated rings. The first-order valence-electron chi connectivity index (χ1n) is 3.73. The molecule has 1 rings (SSSR count). The lowest BCUT2D eigenvalue weighted by molar-refractivity contribution is 0.584. The van der Waals surface area contributed by atoms with Gasteiger partial charge in [0.1, 0.15) is 4.90 Å². The summed E-state index contributed by atoms with van der Waals surface area (Å²) in [6.07, 6.45) is 0. The molecule has 0 saturated heterocycles. The quantitative estimate of drug-likeness (QED) is 0.835. The summed E-state index contributed by atoms with van der Waals surface area (Å²) in [6.45, 7) is 2.05. The third-order valence-corrected chi connectivity index (χ3v) is 3.43. The van der Waals surface area contributed by atoms with Crippen LogP contribution in [0.1, 0.15) is 6.92 Å². The van der Waals surface area contributed by atoms with Crippen LogP contribution in [0.4, 0.5) is 0 Å². The van der Waals surface area contributed by atoms with Crippen LogP contribution in [0.5, 0.6) is 0 Å². The Morgan fingerprint density at radius 2 is 2.31 bits per heavy atom. The fraction of sp³-hybridized carbons (Fsp3) is 0.250. The van der Waals surface area contributed by atoms with Gasteiger partial charge in [-0.3, -0.25) is 0 Å². The van der Waals surface area contributed by atoms with Crippen molar-refractivity contribution in [3.63, 3.8) is 0 Å². The SMILES string of the molecule is CCNS(=O)(=O)c1c[c]ccc1Cl. The first kappa shape index (κ1) is 10.5. The first-order chi connectivity index (χ1) is 6.08. The molecule has 71 valence electrons. The van der Waals surface area contributed by atoms with E-state index >= 15 is 0 Å². The van der Waals surface area contributed by atoms with Gasteiger partial charge in [-0.1, -0.05) is 24.6 Å². The first-order valence-corrected chi connectivity index (χ1v) is 5.59. The van der Waals surface area contributed by atoms with E-state index in [2.05, 4.69) is 10.8 Å². The predicted octanol–water partition coefficient (Wildman–Crippen LogP) is 1.44. The maximum absolute atomic E-state index is 11.4. The minimum absolute atomic E-state index is 0.0681. The van der Waals surface area contributed by atoms with E-state index in [0.717, 1.165) is 0 Å². The number of sulfonamides is 1. The molecule has 0 aliphatic carbocycles. The van der Waals surface area contributed by atoms with Gasteiger partial charge in [0.15, 0.2) is 0 Å². The summed E-state index contributed by atoms with van der Waals surface area (Å²) in [4.78, 5) is 0.0681. The van der Waals surface area contributed by atoms with Crippen LogP contribution in [0.2, 0.25) is 5.02 Å². The maximum atomic E-state index is 11.4. The Morgan fingerprint density at radius 3 is 2.85 bits per heavy atom. The lowest BCUT2D eigenvalue weighted by Crippen LogP contribution is -2.23. The van der Waals surface area contributed by atoms with Crippen LogP contribution in [0, 0.1) is 6.07 Å². The summed E-state index contributed by atoms with van der Waals surface area (Å²) in [6, 6.07) is 7.06. The van der Waals surface area contributed by atoms with Crippen LogP contribution in [0.3, 0.4) is 0 Å². The minimum Gasteiger partial charge on any atom is -0.211 e. The van der Waals surface area contributed by atoms with Crippen molar-refractivity contribution in [3.05, 3.63) is 29.3 Å². The van der Waals surface area contributed by atoms with Crippen molar-refractivity contribution in [1.82, 2.24) is 4.72 Å². The van der Waals surface area contributed by atoms with E-state index < -0.39 is 10.0 Å². The molecule has 3 nitrogen and oxygen atoms in total. The highest BCUT2D eigenvalue weighted by Gasteiger charge is 2.15. The predicted molar refractivity (Wildman–Crippen MR) is 51.2 cm³/mol. The van der Waals surface area contributed by atoms with Crippen LogP contribution in [0.15, 0.2) is 23.1 Å². The normalized spacial score (nSPS) is 11.5. The molecule has 1 aromatic carbocycles. The zero-order chi connectivity index (χ0) is 9.90. The van der Waals surface area contributed by atoms with E-state index in [4.69, 9.17) is 11.6 Å². The van der Waals surface area contributed by atoms with Crippen LogP contribution in [-0.4, -0.2) is 15.0 Å². The van der Waals surface area contributed by atoms with Gasteiger partial charge in [-0.2, -0.15) is 0 Å². The molecule has 13 heavy (non-hydrogen) atoms. The number of benzene rings is 1. The van der Waals surface area contributed by atoms with E-state index in [1.54, 1.807) is 13.0 Å². The largest absolute Gasteiger partial charge is 0.242 e. The van der Waals surface area contributed by atoms with E-state index in [9.17, 15) is 8.42 Å². The van der Waals surface area contributed by atoms with Gasteiger partial charge in [0.05, 0.1) is 5.02 Å². The lowest BCUT2D eigenvalue weighted by atomic mass is 10.4. The second kappa shape index (κ2) is 4.09. The second-order valence-electron chi connectivity index (χ2n) is 2.36.